The van der Waals surface area contributed by atoms with Gasteiger partial charge in [0.05, 0.1) is 12.7 Å². The second-order valence-corrected chi connectivity index (χ2v) is 7.59. The Balaban J connectivity index is 2.73. The van der Waals surface area contributed by atoms with Gasteiger partial charge in [0, 0.05) is 6.08 Å². The summed E-state index contributed by atoms with van der Waals surface area (Å²) >= 11 is 0. The number of rotatable bonds is 15. The lowest BCUT2D eigenvalue weighted by Gasteiger charge is -2.23. The van der Waals surface area contributed by atoms with Crippen LogP contribution in [0.5, 0.6) is 0 Å². The number of allylic oxidation sites excluding steroid dienone is 4. The normalized spacial score (nSPS) is 16.0. The Labute approximate surface area is 170 Å². The van der Waals surface area contributed by atoms with Crippen LogP contribution < -0.4 is 0 Å². The summed E-state index contributed by atoms with van der Waals surface area (Å²) in [7, 11) is 1.39. The largest absolute Gasteiger partial charge is 0.504 e. The van der Waals surface area contributed by atoms with Crippen LogP contribution in [0.4, 0.5) is 0 Å². The van der Waals surface area contributed by atoms with E-state index in [4.69, 9.17) is 4.74 Å². The van der Waals surface area contributed by atoms with Gasteiger partial charge in [0.2, 0.25) is 11.6 Å². The Morgan fingerprint density at radius 1 is 0.964 bits per heavy atom. The topological polar surface area (TPSA) is 63.6 Å². The molecule has 158 valence electrons. The fourth-order valence-corrected chi connectivity index (χ4v) is 3.70. The Hall–Kier alpha value is -1.84. The molecule has 0 amide bonds. The number of unbranched alkanes of at least 4 members (excludes halogenated alkanes) is 7. The molecular formula is C24H38O4. The summed E-state index contributed by atoms with van der Waals surface area (Å²) < 4.78 is 5.07. The number of hydrogen-bond donors (Lipinski definition) is 1. The minimum absolute atomic E-state index is 0.0354. The van der Waals surface area contributed by atoms with Gasteiger partial charge in [0.1, 0.15) is 0 Å². The first-order chi connectivity index (χ1) is 13.6. The quantitative estimate of drug-likeness (QED) is 0.200. The van der Waals surface area contributed by atoms with Crippen LogP contribution in [0.3, 0.4) is 0 Å². The number of Topliss-reactive ketones (excluding diaryl/α,β-unsaturated/α-hetero) is 1. The third-order valence-corrected chi connectivity index (χ3v) is 5.33. The van der Waals surface area contributed by atoms with Gasteiger partial charge in [0.15, 0.2) is 11.5 Å². The Morgan fingerprint density at radius 2 is 1.61 bits per heavy atom. The summed E-state index contributed by atoms with van der Waals surface area (Å²) in [4.78, 5) is 24.8. The highest BCUT2D eigenvalue weighted by Crippen LogP contribution is 2.32. The predicted octanol–water partition coefficient (Wildman–Crippen LogP) is 6.37. The molecule has 0 spiro atoms. The molecule has 4 nitrogen and oxygen atoms in total. The van der Waals surface area contributed by atoms with Crippen molar-refractivity contribution < 1.29 is 19.4 Å². The fourth-order valence-electron chi connectivity index (χ4n) is 3.70. The smallest absolute Gasteiger partial charge is 0.227 e. The highest BCUT2D eigenvalue weighted by Gasteiger charge is 2.33. The van der Waals surface area contributed by atoms with Gasteiger partial charge in [-0.15, -0.1) is 0 Å². The zero-order valence-electron chi connectivity index (χ0n) is 18.0. The van der Waals surface area contributed by atoms with E-state index < -0.39 is 5.78 Å². The van der Waals surface area contributed by atoms with E-state index in [1.54, 1.807) is 0 Å². The van der Waals surface area contributed by atoms with Gasteiger partial charge in [-0.3, -0.25) is 9.59 Å². The van der Waals surface area contributed by atoms with Crippen LogP contribution in [0.25, 0.3) is 0 Å². The zero-order chi connectivity index (χ0) is 20.8. The van der Waals surface area contributed by atoms with Crippen molar-refractivity contribution in [3.8, 4) is 0 Å². The molecule has 0 aliphatic heterocycles. The zero-order valence-corrected chi connectivity index (χ0v) is 18.0. The van der Waals surface area contributed by atoms with Gasteiger partial charge >= 0.3 is 0 Å². The summed E-state index contributed by atoms with van der Waals surface area (Å²) in [5, 5.41) is 10.3. The minimum Gasteiger partial charge on any atom is -0.504 e. The summed E-state index contributed by atoms with van der Waals surface area (Å²) in [5.41, 5.74) is 0.259. The third-order valence-electron chi connectivity index (χ3n) is 5.33. The average molecular weight is 391 g/mol. The number of hydrogen-bond acceptors (Lipinski definition) is 4. The van der Waals surface area contributed by atoms with Crippen molar-refractivity contribution in [2.75, 3.05) is 7.11 Å². The molecule has 1 unspecified atom stereocenters. The molecule has 0 fully saturated rings. The number of aliphatic hydroxyl groups excluding tert-OH is 1. The van der Waals surface area contributed by atoms with Crippen LogP contribution in [0.15, 0.2) is 35.3 Å². The number of carbonyl (C=O) groups is 2. The molecule has 4 heteroatoms. The van der Waals surface area contributed by atoms with Crippen LogP contribution in [0.1, 0.15) is 90.9 Å². The standard InChI is InChI=1S/C24H38O4/c1-4-6-8-10-11-13-15-17-19(16-14-12-9-7-5-2)22-23(26)20(25)18-21(28-3)24(22)27/h7,9,18-19,26H,4-6,8,10-17H2,1-3H3/b9-7+. The first-order valence-electron chi connectivity index (χ1n) is 11.0. The molecule has 0 saturated carbocycles. The molecule has 1 rings (SSSR count). The number of ether oxygens (including phenoxy) is 1. The highest BCUT2D eigenvalue weighted by atomic mass is 16.5. The molecule has 0 aromatic rings. The van der Waals surface area contributed by atoms with Crippen molar-refractivity contribution >= 4 is 11.6 Å². The van der Waals surface area contributed by atoms with Crippen LogP contribution in [-0.2, 0) is 14.3 Å². The van der Waals surface area contributed by atoms with Gasteiger partial charge in [-0.25, -0.2) is 0 Å². The van der Waals surface area contributed by atoms with Gasteiger partial charge in [-0.05, 0) is 38.0 Å². The van der Waals surface area contributed by atoms with Gasteiger partial charge < -0.3 is 9.84 Å². The summed E-state index contributed by atoms with van der Waals surface area (Å²) in [5.74, 6) is -1.31. The SMILES string of the molecule is CC/C=C/CCCC(CCCCCCCCC)C1=C(O)C(=O)C=C(OC)C1=O. The van der Waals surface area contributed by atoms with Gasteiger partial charge in [-0.1, -0.05) is 70.9 Å². The molecule has 0 radical (unpaired) electrons. The highest BCUT2D eigenvalue weighted by molar-refractivity contribution is 6.21. The van der Waals surface area contributed by atoms with Gasteiger partial charge in [0.25, 0.3) is 0 Å². The minimum atomic E-state index is -0.526. The molecule has 0 saturated heterocycles. The molecule has 0 heterocycles. The lowest BCUT2D eigenvalue weighted by Crippen LogP contribution is -2.25. The molecule has 28 heavy (non-hydrogen) atoms. The second-order valence-electron chi connectivity index (χ2n) is 7.59. The maximum Gasteiger partial charge on any atom is 0.227 e. The van der Waals surface area contributed by atoms with Gasteiger partial charge in [-0.2, -0.15) is 0 Å². The number of aliphatic hydroxyl groups is 1. The van der Waals surface area contributed by atoms with Crippen molar-refractivity contribution in [1.82, 2.24) is 0 Å². The van der Waals surface area contributed by atoms with E-state index >= 15 is 0 Å². The van der Waals surface area contributed by atoms with Crippen LogP contribution >= 0.6 is 0 Å². The number of carbonyl (C=O) groups excluding carboxylic acids is 2. The lowest BCUT2D eigenvalue weighted by molar-refractivity contribution is -0.120. The Kier molecular flexibility index (Phi) is 12.3. The van der Waals surface area contributed by atoms with E-state index in [9.17, 15) is 14.7 Å². The predicted molar refractivity (Wildman–Crippen MR) is 114 cm³/mol. The summed E-state index contributed by atoms with van der Waals surface area (Å²) in [6.07, 6.45) is 18.3. The maximum absolute atomic E-state index is 12.7. The molecule has 1 atom stereocenters. The van der Waals surface area contributed by atoms with E-state index in [2.05, 4.69) is 26.0 Å². The maximum atomic E-state index is 12.7. The Morgan fingerprint density at radius 3 is 2.25 bits per heavy atom. The van der Waals surface area contributed by atoms with Crippen molar-refractivity contribution in [2.45, 2.75) is 90.9 Å². The second kappa shape index (κ2) is 14.2. The molecule has 0 aromatic heterocycles. The monoisotopic (exact) mass is 390 g/mol. The third kappa shape index (κ3) is 8.04. The van der Waals surface area contributed by atoms with E-state index in [0.29, 0.717) is 0 Å². The van der Waals surface area contributed by atoms with Crippen LogP contribution in [0.2, 0.25) is 0 Å². The summed E-state index contributed by atoms with van der Waals surface area (Å²) in [6, 6.07) is 0. The van der Waals surface area contributed by atoms with E-state index in [1.807, 2.05) is 0 Å². The van der Waals surface area contributed by atoms with E-state index in [1.165, 1.54) is 39.2 Å². The van der Waals surface area contributed by atoms with Crippen LogP contribution in [-0.4, -0.2) is 23.8 Å². The van der Waals surface area contributed by atoms with E-state index in [-0.39, 0.29) is 28.8 Å². The average Bonchev–Trinajstić information content (AvgIpc) is 2.69. The van der Waals surface area contributed by atoms with Crippen molar-refractivity contribution in [3.05, 3.63) is 35.3 Å². The molecule has 0 aromatic carbocycles. The van der Waals surface area contributed by atoms with Crippen molar-refractivity contribution in [1.29, 1.82) is 0 Å². The molecule has 0 bridgehead atoms. The molecular weight excluding hydrogens is 352 g/mol. The first-order valence-corrected chi connectivity index (χ1v) is 11.0. The lowest BCUT2D eigenvalue weighted by atomic mass is 9.82. The fraction of sp³-hybridized carbons (Fsp3) is 0.667. The summed E-state index contributed by atoms with van der Waals surface area (Å²) in [6.45, 7) is 4.32. The Bertz CT molecular complexity index is 583. The number of methoxy groups -OCH3 is 1. The van der Waals surface area contributed by atoms with Crippen LogP contribution in [0, 0.1) is 5.92 Å². The van der Waals surface area contributed by atoms with E-state index in [0.717, 1.165) is 51.0 Å². The first kappa shape index (κ1) is 24.2. The van der Waals surface area contributed by atoms with Crippen molar-refractivity contribution in [2.24, 2.45) is 5.92 Å². The molecule has 1 N–H and O–H groups in total. The number of ketones is 2. The van der Waals surface area contributed by atoms with Crippen molar-refractivity contribution in [3.63, 3.8) is 0 Å². The molecule has 1 aliphatic carbocycles. The molecule has 1 aliphatic rings.